The largest absolute Gasteiger partial charge is 0.462 e. The topological polar surface area (TPSA) is 87.0 Å². The van der Waals surface area contributed by atoms with Crippen molar-refractivity contribution in [2.75, 3.05) is 20.3 Å². The van der Waals surface area contributed by atoms with Crippen LogP contribution in [0.25, 0.3) is 10.2 Å². The number of rotatable bonds is 7. The third-order valence-electron chi connectivity index (χ3n) is 3.71. The van der Waals surface area contributed by atoms with Crippen LogP contribution in [0.2, 0.25) is 4.34 Å². The van der Waals surface area contributed by atoms with Crippen LogP contribution in [-0.2, 0) is 26.0 Å². The zero-order chi connectivity index (χ0) is 20.3. The molecule has 150 valence electrons. The third kappa shape index (κ3) is 4.47. The Labute approximate surface area is 174 Å². The molecule has 0 bridgehead atoms. The fraction of sp³-hybridized carbons (Fsp3) is 0.294. The maximum Gasteiger partial charge on any atom is 0.338 e. The minimum Gasteiger partial charge on any atom is -0.462 e. The van der Waals surface area contributed by atoms with E-state index in [4.69, 9.17) is 21.1 Å². The summed E-state index contributed by atoms with van der Waals surface area (Å²) in [6.45, 7) is 2.80. The number of sulfonamides is 1. The summed E-state index contributed by atoms with van der Waals surface area (Å²) >= 11 is 7.98. The smallest absolute Gasteiger partial charge is 0.338 e. The van der Waals surface area contributed by atoms with Crippen LogP contribution in [0.5, 0.6) is 0 Å². The van der Waals surface area contributed by atoms with Crippen molar-refractivity contribution in [2.45, 2.75) is 17.7 Å². The number of ether oxygens (including phenoxy) is 2. The number of thiazole rings is 1. The highest BCUT2D eigenvalue weighted by molar-refractivity contribution is 7.92. The number of carbonyl (C=O) groups is 1. The van der Waals surface area contributed by atoms with Gasteiger partial charge in [-0.3, -0.25) is 0 Å². The van der Waals surface area contributed by atoms with E-state index in [-0.39, 0.29) is 15.6 Å². The fourth-order valence-electron chi connectivity index (χ4n) is 2.47. The fourth-order valence-corrected chi connectivity index (χ4v) is 6.23. The number of hydrogen-bond donors (Lipinski definition) is 0. The molecule has 0 spiro atoms. The van der Waals surface area contributed by atoms with Crippen LogP contribution in [0.3, 0.4) is 0 Å². The summed E-state index contributed by atoms with van der Waals surface area (Å²) < 4.78 is 42.4. The molecule has 7 nitrogen and oxygen atoms in total. The summed E-state index contributed by atoms with van der Waals surface area (Å²) in [5, 5.41) is 0. The van der Waals surface area contributed by atoms with Crippen molar-refractivity contribution in [3.05, 3.63) is 45.0 Å². The molecule has 2 aromatic heterocycles. The lowest BCUT2D eigenvalue weighted by molar-refractivity contribution is 0.0526. The van der Waals surface area contributed by atoms with Crippen LogP contribution in [-0.4, -0.2) is 39.3 Å². The first-order valence-corrected chi connectivity index (χ1v) is 11.7. The molecule has 0 amide bonds. The summed E-state index contributed by atoms with van der Waals surface area (Å²) in [6.07, 6.45) is 0. The number of thiophene rings is 1. The monoisotopic (exact) mass is 460 g/mol. The lowest BCUT2D eigenvalue weighted by atomic mass is 10.2. The highest BCUT2D eigenvalue weighted by atomic mass is 35.5. The van der Waals surface area contributed by atoms with Gasteiger partial charge in [0.1, 0.15) is 4.21 Å². The van der Waals surface area contributed by atoms with E-state index < -0.39 is 16.0 Å². The van der Waals surface area contributed by atoms with Crippen LogP contribution in [0.1, 0.15) is 17.3 Å². The predicted molar refractivity (Wildman–Crippen MR) is 110 cm³/mol. The molecule has 0 N–H and O–H groups in total. The van der Waals surface area contributed by atoms with Crippen molar-refractivity contribution < 1.29 is 22.7 Å². The van der Waals surface area contributed by atoms with Crippen molar-refractivity contribution in [1.29, 1.82) is 0 Å². The number of methoxy groups -OCH3 is 1. The molecular formula is C17H17ClN2O5S3. The van der Waals surface area contributed by atoms with E-state index in [2.05, 4.69) is 4.40 Å². The predicted octanol–water partition coefficient (Wildman–Crippen LogP) is 3.53. The SMILES string of the molecule is CCOC(=O)c1ccc2c(c1)s/c(=N\S(=O)(=O)c1ccc(Cl)s1)n2CCOC. The molecule has 2 heterocycles. The highest BCUT2D eigenvalue weighted by Crippen LogP contribution is 2.27. The van der Waals surface area contributed by atoms with E-state index in [9.17, 15) is 13.2 Å². The van der Waals surface area contributed by atoms with Gasteiger partial charge >= 0.3 is 5.97 Å². The normalized spacial score (nSPS) is 12.6. The van der Waals surface area contributed by atoms with Crippen LogP contribution in [0, 0.1) is 0 Å². The lowest BCUT2D eigenvalue weighted by Crippen LogP contribution is -2.19. The average Bonchev–Trinajstić information content (AvgIpc) is 3.23. The Balaban J connectivity index is 2.15. The van der Waals surface area contributed by atoms with Crippen molar-refractivity contribution in [3.8, 4) is 0 Å². The van der Waals surface area contributed by atoms with E-state index >= 15 is 0 Å². The minimum atomic E-state index is -3.91. The molecule has 0 unspecified atom stereocenters. The van der Waals surface area contributed by atoms with E-state index in [1.165, 1.54) is 23.5 Å². The van der Waals surface area contributed by atoms with Crippen molar-refractivity contribution >= 4 is 60.5 Å². The van der Waals surface area contributed by atoms with Crippen LogP contribution < -0.4 is 4.80 Å². The molecule has 0 fully saturated rings. The second-order valence-electron chi connectivity index (χ2n) is 5.56. The summed E-state index contributed by atoms with van der Waals surface area (Å²) in [7, 11) is -2.34. The number of halogens is 1. The molecule has 1 aromatic carbocycles. The van der Waals surface area contributed by atoms with Gasteiger partial charge in [-0.15, -0.1) is 15.7 Å². The van der Waals surface area contributed by atoms with Gasteiger partial charge in [0.15, 0.2) is 0 Å². The van der Waals surface area contributed by atoms with Crippen molar-refractivity contribution in [2.24, 2.45) is 4.40 Å². The average molecular weight is 461 g/mol. The standard InChI is InChI=1S/C17H17ClN2O5S3/c1-3-25-16(21)11-4-5-12-13(10-11)26-17(20(12)8-9-24-2)19-28(22,23)15-7-6-14(18)27-15/h4-7,10H,3,8-9H2,1-2H3/b19-17-. The molecule has 0 saturated heterocycles. The highest BCUT2D eigenvalue weighted by Gasteiger charge is 2.18. The van der Waals surface area contributed by atoms with Gasteiger partial charge in [-0.1, -0.05) is 22.9 Å². The second-order valence-corrected chi connectivity index (χ2v) is 10.1. The number of fused-ring (bicyclic) bond motifs is 1. The zero-order valence-electron chi connectivity index (χ0n) is 15.0. The minimum absolute atomic E-state index is 0.0699. The second kappa shape index (κ2) is 8.75. The van der Waals surface area contributed by atoms with Crippen LogP contribution in [0.15, 0.2) is 38.9 Å². The first kappa shape index (κ1) is 21.0. The van der Waals surface area contributed by atoms with Gasteiger partial charge in [-0.2, -0.15) is 8.42 Å². The van der Waals surface area contributed by atoms with Crippen LogP contribution in [0.4, 0.5) is 0 Å². The number of aromatic nitrogens is 1. The molecule has 0 aliphatic carbocycles. The molecule has 3 aromatic rings. The van der Waals surface area contributed by atoms with E-state index in [0.717, 1.165) is 21.6 Å². The zero-order valence-corrected chi connectivity index (χ0v) is 18.3. The van der Waals surface area contributed by atoms with Gasteiger partial charge in [-0.05, 0) is 37.3 Å². The number of hydrogen-bond acceptors (Lipinski definition) is 7. The first-order valence-electron chi connectivity index (χ1n) is 8.21. The molecule has 11 heteroatoms. The number of esters is 1. The van der Waals surface area contributed by atoms with Crippen LogP contribution >= 0.6 is 34.3 Å². The first-order chi connectivity index (χ1) is 13.4. The van der Waals surface area contributed by atoms with E-state index in [0.29, 0.717) is 23.1 Å². The quantitative estimate of drug-likeness (QED) is 0.503. The van der Waals surface area contributed by atoms with Crippen molar-refractivity contribution in [1.82, 2.24) is 4.57 Å². The summed E-state index contributed by atoms with van der Waals surface area (Å²) in [4.78, 5) is 12.3. The number of benzene rings is 1. The summed E-state index contributed by atoms with van der Waals surface area (Å²) in [5.41, 5.74) is 1.15. The Morgan fingerprint density at radius 1 is 1.25 bits per heavy atom. The Hall–Kier alpha value is -1.72. The van der Waals surface area contributed by atoms with E-state index in [1.807, 2.05) is 0 Å². The van der Waals surface area contributed by atoms with Gasteiger partial charge in [0.25, 0.3) is 10.0 Å². The molecule has 0 atom stereocenters. The molecule has 0 aliphatic heterocycles. The molecule has 0 radical (unpaired) electrons. The van der Waals surface area contributed by atoms with E-state index in [1.54, 1.807) is 36.8 Å². The van der Waals surface area contributed by atoms with Gasteiger partial charge in [-0.25, -0.2) is 4.79 Å². The van der Waals surface area contributed by atoms with Gasteiger partial charge in [0, 0.05) is 13.7 Å². The lowest BCUT2D eigenvalue weighted by Gasteiger charge is -2.05. The molecule has 0 aliphatic rings. The number of nitrogens with zero attached hydrogens (tertiary/aromatic N) is 2. The van der Waals surface area contributed by atoms with Gasteiger partial charge < -0.3 is 14.0 Å². The van der Waals surface area contributed by atoms with Crippen molar-refractivity contribution in [3.63, 3.8) is 0 Å². The maximum atomic E-state index is 12.7. The molecular weight excluding hydrogens is 444 g/mol. The Kier molecular flexibility index (Phi) is 6.56. The Morgan fingerprint density at radius 3 is 2.68 bits per heavy atom. The Morgan fingerprint density at radius 2 is 2.04 bits per heavy atom. The maximum absolute atomic E-state index is 12.7. The summed E-state index contributed by atoms with van der Waals surface area (Å²) in [5.74, 6) is -0.430. The molecule has 0 saturated carbocycles. The molecule has 3 rings (SSSR count). The van der Waals surface area contributed by atoms with Gasteiger partial charge in [0.05, 0.1) is 33.3 Å². The number of carbonyl (C=O) groups excluding carboxylic acids is 1. The summed E-state index contributed by atoms with van der Waals surface area (Å²) in [6, 6.07) is 8.02. The third-order valence-corrected chi connectivity index (χ3v) is 7.84. The van der Waals surface area contributed by atoms with Gasteiger partial charge in [0.2, 0.25) is 4.80 Å². The Bertz CT molecular complexity index is 1180. The molecule has 28 heavy (non-hydrogen) atoms.